The zero-order valence-electron chi connectivity index (χ0n) is 14.0. The Balaban J connectivity index is 1.93. The molecule has 2 aromatic carbocycles. The van der Waals surface area contributed by atoms with E-state index >= 15 is 0 Å². The van der Waals surface area contributed by atoms with Crippen molar-refractivity contribution < 1.29 is 19.0 Å². The van der Waals surface area contributed by atoms with Crippen molar-refractivity contribution in [1.82, 2.24) is 0 Å². The summed E-state index contributed by atoms with van der Waals surface area (Å²) in [5.74, 6) is 2.22. The molecule has 0 unspecified atom stereocenters. The van der Waals surface area contributed by atoms with Crippen LogP contribution in [0.25, 0.3) is 0 Å². The lowest BCUT2D eigenvalue weighted by Gasteiger charge is -2.14. The highest BCUT2D eigenvalue weighted by molar-refractivity contribution is 9.10. The molecular formula is C19H21BrO4. The number of methoxy groups -OCH3 is 1. The lowest BCUT2D eigenvalue weighted by Crippen LogP contribution is -2.10. The first-order chi connectivity index (χ1) is 11.5. The third-order valence-electron chi connectivity index (χ3n) is 3.54. The number of aldehydes is 1. The van der Waals surface area contributed by atoms with Crippen LogP contribution in [-0.2, 0) is 0 Å². The summed E-state index contributed by atoms with van der Waals surface area (Å²) < 4.78 is 17.4. The first-order valence-corrected chi connectivity index (χ1v) is 8.52. The maximum absolute atomic E-state index is 11.2. The molecule has 0 heterocycles. The summed E-state index contributed by atoms with van der Waals surface area (Å²) in [6, 6.07) is 11.5. The van der Waals surface area contributed by atoms with E-state index < -0.39 is 0 Å². The van der Waals surface area contributed by atoms with Crippen molar-refractivity contribution >= 4 is 22.2 Å². The van der Waals surface area contributed by atoms with Crippen LogP contribution < -0.4 is 14.2 Å². The highest BCUT2D eigenvalue weighted by Crippen LogP contribution is 2.33. The number of carbonyl (C=O) groups excluding carboxylic acids is 1. The average Bonchev–Trinajstić information content (AvgIpc) is 2.59. The Morgan fingerprint density at radius 1 is 1.08 bits per heavy atom. The van der Waals surface area contributed by atoms with E-state index in [0.717, 1.165) is 16.5 Å². The zero-order chi connectivity index (χ0) is 17.5. The van der Waals surface area contributed by atoms with E-state index in [2.05, 4.69) is 41.9 Å². The highest BCUT2D eigenvalue weighted by Gasteiger charge is 2.12. The number of hydrogen-bond donors (Lipinski definition) is 0. The Labute approximate surface area is 150 Å². The fraction of sp³-hybridized carbons (Fsp3) is 0.316. The van der Waals surface area contributed by atoms with Gasteiger partial charge in [0.1, 0.15) is 19.0 Å². The van der Waals surface area contributed by atoms with Crippen molar-refractivity contribution in [3.63, 3.8) is 0 Å². The molecule has 128 valence electrons. The molecule has 0 fully saturated rings. The summed E-state index contributed by atoms with van der Waals surface area (Å²) in [7, 11) is 1.54. The Bertz CT molecular complexity index is 681. The minimum absolute atomic E-state index is 0.310. The fourth-order valence-electron chi connectivity index (χ4n) is 2.23. The van der Waals surface area contributed by atoms with Crippen LogP contribution in [0.3, 0.4) is 0 Å². The largest absolute Gasteiger partial charge is 0.493 e. The van der Waals surface area contributed by atoms with Crippen LogP contribution in [0, 0.1) is 0 Å². The van der Waals surface area contributed by atoms with Crippen molar-refractivity contribution in [3.05, 3.63) is 52.0 Å². The second kappa shape index (κ2) is 8.73. The minimum Gasteiger partial charge on any atom is -0.493 e. The monoisotopic (exact) mass is 392 g/mol. The van der Waals surface area contributed by atoms with Gasteiger partial charge in [0.05, 0.1) is 12.7 Å². The molecule has 0 spiro atoms. The van der Waals surface area contributed by atoms with E-state index in [4.69, 9.17) is 14.2 Å². The Hall–Kier alpha value is -2.01. The van der Waals surface area contributed by atoms with E-state index in [0.29, 0.717) is 36.2 Å². The summed E-state index contributed by atoms with van der Waals surface area (Å²) in [5, 5.41) is 0. The minimum atomic E-state index is 0.310. The van der Waals surface area contributed by atoms with Gasteiger partial charge in [-0.3, -0.25) is 4.79 Å². The molecule has 2 rings (SSSR count). The maximum atomic E-state index is 11.2. The zero-order valence-corrected chi connectivity index (χ0v) is 15.6. The molecule has 0 amide bonds. The smallest absolute Gasteiger partial charge is 0.171 e. The van der Waals surface area contributed by atoms with E-state index in [1.54, 1.807) is 12.1 Å². The molecule has 24 heavy (non-hydrogen) atoms. The number of hydrogen-bond acceptors (Lipinski definition) is 4. The van der Waals surface area contributed by atoms with E-state index in [1.807, 2.05) is 12.1 Å². The number of ether oxygens (including phenoxy) is 3. The fourth-order valence-corrected chi connectivity index (χ4v) is 2.69. The lowest BCUT2D eigenvalue weighted by atomic mass is 10.0. The van der Waals surface area contributed by atoms with Crippen molar-refractivity contribution in [2.45, 2.75) is 19.8 Å². The van der Waals surface area contributed by atoms with Gasteiger partial charge in [-0.2, -0.15) is 0 Å². The maximum Gasteiger partial charge on any atom is 0.171 e. The molecule has 0 N–H and O–H groups in total. The van der Waals surface area contributed by atoms with Crippen LogP contribution in [0.1, 0.15) is 35.7 Å². The summed E-state index contributed by atoms with van der Waals surface area (Å²) in [4.78, 5) is 11.2. The normalized spacial score (nSPS) is 10.5. The van der Waals surface area contributed by atoms with Gasteiger partial charge < -0.3 is 14.2 Å². The van der Waals surface area contributed by atoms with Gasteiger partial charge in [-0.1, -0.05) is 41.9 Å². The summed E-state index contributed by atoms with van der Waals surface area (Å²) >= 11 is 3.34. The third kappa shape index (κ3) is 4.74. The molecule has 0 bridgehead atoms. The SMILES string of the molecule is COc1cc(Br)cc(C=O)c1OCCOc1ccc(C(C)C)cc1. The van der Waals surface area contributed by atoms with Crippen LogP contribution >= 0.6 is 15.9 Å². The van der Waals surface area contributed by atoms with Crippen molar-refractivity contribution in [2.75, 3.05) is 20.3 Å². The van der Waals surface area contributed by atoms with Crippen LogP contribution in [0.5, 0.6) is 17.2 Å². The second-order valence-corrected chi connectivity index (χ2v) is 6.48. The molecule has 0 saturated heterocycles. The van der Waals surface area contributed by atoms with Crippen molar-refractivity contribution in [3.8, 4) is 17.2 Å². The first-order valence-electron chi connectivity index (χ1n) is 7.73. The van der Waals surface area contributed by atoms with Crippen molar-refractivity contribution in [1.29, 1.82) is 0 Å². The van der Waals surface area contributed by atoms with Gasteiger partial charge in [0, 0.05) is 4.47 Å². The number of carbonyl (C=O) groups is 1. The molecule has 0 saturated carbocycles. The third-order valence-corrected chi connectivity index (χ3v) is 4.00. The van der Waals surface area contributed by atoms with Gasteiger partial charge in [0.25, 0.3) is 0 Å². The molecular weight excluding hydrogens is 372 g/mol. The van der Waals surface area contributed by atoms with Gasteiger partial charge in [0.15, 0.2) is 17.8 Å². The second-order valence-electron chi connectivity index (χ2n) is 5.56. The van der Waals surface area contributed by atoms with Crippen LogP contribution in [0.2, 0.25) is 0 Å². The standard InChI is InChI=1S/C19H21BrO4/c1-13(2)14-4-6-17(7-5-14)23-8-9-24-19-15(12-21)10-16(20)11-18(19)22-3/h4-7,10-13H,8-9H2,1-3H3. The van der Waals surface area contributed by atoms with Gasteiger partial charge in [-0.05, 0) is 35.7 Å². The van der Waals surface area contributed by atoms with Gasteiger partial charge in [0.2, 0.25) is 0 Å². The lowest BCUT2D eigenvalue weighted by molar-refractivity contribution is 0.111. The van der Waals surface area contributed by atoms with Crippen LogP contribution in [0.15, 0.2) is 40.9 Å². The first kappa shape index (κ1) is 18.3. The number of benzene rings is 2. The predicted octanol–water partition coefficient (Wildman–Crippen LogP) is 4.85. The summed E-state index contributed by atoms with van der Waals surface area (Å²) in [6.07, 6.45) is 0.744. The van der Waals surface area contributed by atoms with Gasteiger partial charge >= 0.3 is 0 Å². The summed E-state index contributed by atoms with van der Waals surface area (Å²) in [6.45, 7) is 4.99. The Morgan fingerprint density at radius 3 is 2.33 bits per heavy atom. The molecule has 0 aliphatic carbocycles. The van der Waals surface area contributed by atoms with E-state index in [1.165, 1.54) is 12.7 Å². The van der Waals surface area contributed by atoms with Gasteiger partial charge in [-0.15, -0.1) is 0 Å². The molecule has 4 nitrogen and oxygen atoms in total. The highest BCUT2D eigenvalue weighted by atomic mass is 79.9. The Morgan fingerprint density at radius 2 is 1.75 bits per heavy atom. The van der Waals surface area contributed by atoms with Crippen LogP contribution in [-0.4, -0.2) is 26.6 Å². The molecule has 0 aromatic heterocycles. The van der Waals surface area contributed by atoms with E-state index in [9.17, 15) is 4.79 Å². The van der Waals surface area contributed by atoms with Gasteiger partial charge in [-0.25, -0.2) is 0 Å². The van der Waals surface area contributed by atoms with Crippen molar-refractivity contribution in [2.24, 2.45) is 0 Å². The number of rotatable bonds is 8. The van der Waals surface area contributed by atoms with Crippen LogP contribution in [0.4, 0.5) is 0 Å². The quantitative estimate of drug-likeness (QED) is 0.475. The molecule has 5 heteroatoms. The molecule has 0 radical (unpaired) electrons. The predicted molar refractivity (Wildman–Crippen MR) is 97.6 cm³/mol. The molecule has 2 aromatic rings. The number of halogens is 1. The Kier molecular flexibility index (Phi) is 6.67. The molecule has 0 atom stereocenters. The molecule has 0 aliphatic heterocycles. The average molecular weight is 393 g/mol. The topological polar surface area (TPSA) is 44.8 Å². The summed E-state index contributed by atoms with van der Waals surface area (Å²) in [5.41, 5.74) is 1.70. The van der Waals surface area contributed by atoms with E-state index in [-0.39, 0.29) is 0 Å². The molecule has 0 aliphatic rings.